The Morgan fingerprint density at radius 3 is 2.48 bits per heavy atom. The molecule has 0 spiro atoms. The van der Waals surface area contributed by atoms with E-state index in [0.29, 0.717) is 17.4 Å². The Balaban J connectivity index is 1.89. The lowest BCUT2D eigenvalue weighted by molar-refractivity contribution is -0.141. The third-order valence-corrected chi connectivity index (χ3v) is 7.17. The summed E-state index contributed by atoms with van der Waals surface area (Å²) in [5.74, 6) is 0. The van der Waals surface area contributed by atoms with E-state index in [9.17, 15) is 18.0 Å². The molecule has 0 radical (unpaired) electrons. The Bertz CT molecular complexity index is 1390. The number of aromatic nitrogens is 4. The minimum absolute atomic E-state index is 0.0952. The Morgan fingerprint density at radius 2 is 1.82 bits per heavy atom. The maximum Gasteiger partial charge on any atom is 0.433 e. The summed E-state index contributed by atoms with van der Waals surface area (Å²) in [6, 6.07) is 9.58. The van der Waals surface area contributed by atoms with Gasteiger partial charge in [0.1, 0.15) is 18.1 Å². The number of para-hydroxylation sites is 1. The van der Waals surface area contributed by atoms with Crippen molar-refractivity contribution in [3.05, 3.63) is 63.7 Å². The highest BCUT2D eigenvalue weighted by molar-refractivity contribution is 6.76. The highest BCUT2D eigenvalue weighted by Crippen LogP contribution is 2.32. The zero-order valence-electron chi connectivity index (χ0n) is 18.3. The summed E-state index contributed by atoms with van der Waals surface area (Å²) >= 11 is 6.29. The first-order valence-corrected chi connectivity index (χ1v) is 14.4. The number of benzene rings is 1. The first kappa shape index (κ1) is 23.5. The molecule has 0 amide bonds. The van der Waals surface area contributed by atoms with Gasteiger partial charge in [0.15, 0.2) is 5.52 Å². The fourth-order valence-electron chi connectivity index (χ4n) is 3.42. The number of ether oxygens (including phenoxy) is 1. The molecule has 4 aromatic rings. The van der Waals surface area contributed by atoms with Gasteiger partial charge in [0.25, 0.3) is 5.56 Å². The Morgan fingerprint density at radius 1 is 1.09 bits per heavy atom. The summed E-state index contributed by atoms with van der Waals surface area (Å²) in [7, 11) is -1.26. The van der Waals surface area contributed by atoms with Crippen molar-refractivity contribution < 1.29 is 17.9 Å². The molecule has 0 fully saturated rings. The lowest BCUT2D eigenvalue weighted by atomic mass is 10.1. The largest absolute Gasteiger partial charge is 0.433 e. The highest BCUT2D eigenvalue weighted by Gasteiger charge is 2.33. The van der Waals surface area contributed by atoms with Crippen LogP contribution in [0.15, 0.2) is 47.4 Å². The molecule has 0 bridgehead atoms. The van der Waals surface area contributed by atoms with E-state index >= 15 is 0 Å². The second-order valence-corrected chi connectivity index (χ2v) is 15.0. The van der Waals surface area contributed by atoms with Gasteiger partial charge in [0.2, 0.25) is 0 Å². The molecular weight excluding hydrogens is 473 g/mol. The van der Waals surface area contributed by atoms with E-state index in [0.717, 1.165) is 16.7 Å². The van der Waals surface area contributed by atoms with Gasteiger partial charge in [0.05, 0.1) is 10.7 Å². The summed E-state index contributed by atoms with van der Waals surface area (Å²) in [5.41, 5.74) is -1.54. The monoisotopic (exact) mass is 494 g/mol. The van der Waals surface area contributed by atoms with Crippen LogP contribution in [0.25, 0.3) is 27.6 Å². The average Bonchev–Trinajstić information content (AvgIpc) is 3.16. The number of hydrogen-bond donors (Lipinski definition) is 0. The van der Waals surface area contributed by atoms with E-state index in [1.807, 2.05) is 0 Å². The third-order valence-electron chi connectivity index (χ3n) is 5.15. The summed E-state index contributed by atoms with van der Waals surface area (Å²) in [4.78, 5) is 17.2. The molecule has 1 aromatic carbocycles. The van der Waals surface area contributed by atoms with Gasteiger partial charge in [-0.15, -0.1) is 0 Å². The maximum atomic E-state index is 13.4. The zero-order chi connectivity index (χ0) is 24.0. The first-order valence-electron chi connectivity index (χ1n) is 10.3. The normalized spacial score (nSPS) is 12.7. The van der Waals surface area contributed by atoms with Crippen molar-refractivity contribution in [2.24, 2.45) is 0 Å². The van der Waals surface area contributed by atoms with Crippen molar-refractivity contribution in [3.8, 4) is 5.69 Å². The van der Waals surface area contributed by atoms with E-state index in [-0.39, 0.29) is 28.6 Å². The van der Waals surface area contributed by atoms with Crippen LogP contribution in [0, 0.1) is 0 Å². The number of nitrogens with zero attached hydrogens (tertiary/aromatic N) is 4. The second-order valence-electron chi connectivity index (χ2n) is 8.94. The molecule has 0 atom stereocenters. The van der Waals surface area contributed by atoms with Crippen molar-refractivity contribution in [1.82, 2.24) is 19.3 Å². The first-order chi connectivity index (χ1) is 15.5. The van der Waals surface area contributed by atoms with Crippen molar-refractivity contribution >= 4 is 41.6 Å². The number of pyridine rings is 2. The van der Waals surface area contributed by atoms with Crippen LogP contribution in [0.1, 0.15) is 5.69 Å². The molecular formula is C22H22ClF3N4O2Si. The van der Waals surface area contributed by atoms with Gasteiger partial charge < -0.3 is 4.74 Å². The summed E-state index contributed by atoms with van der Waals surface area (Å²) < 4.78 is 48.5. The summed E-state index contributed by atoms with van der Waals surface area (Å²) in [6.07, 6.45) is -3.07. The van der Waals surface area contributed by atoms with E-state index < -0.39 is 25.5 Å². The van der Waals surface area contributed by atoms with Crippen LogP contribution >= 0.6 is 11.6 Å². The lowest BCUT2D eigenvalue weighted by Crippen LogP contribution is -2.22. The number of hydrogen-bond acceptors (Lipinski definition) is 4. The molecule has 3 heterocycles. The quantitative estimate of drug-likeness (QED) is 0.254. The fraction of sp³-hybridized carbons (Fsp3) is 0.318. The average molecular weight is 495 g/mol. The summed E-state index contributed by atoms with van der Waals surface area (Å²) in [5, 5.41) is 5.31. The number of halogens is 4. The second kappa shape index (κ2) is 8.58. The van der Waals surface area contributed by atoms with Gasteiger partial charge >= 0.3 is 6.18 Å². The van der Waals surface area contributed by atoms with Crippen molar-refractivity contribution in [2.75, 3.05) is 6.61 Å². The Labute approximate surface area is 193 Å². The van der Waals surface area contributed by atoms with Gasteiger partial charge in [0, 0.05) is 31.7 Å². The Hall–Kier alpha value is -2.69. The molecule has 0 aliphatic heterocycles. The van der Waals surface area contributed by atoms with Gasteiger partial charge in [-0.3, -0.25) is 9.36 Å². The lowest BCUT2D eigenvalue weighted by Gasteiger charge is -2.15. The fourth-order valence-corrected chi connectivity index (χ4v) is 4.40. The molecule has 33 heavy (non-hydrogen) atoms. The van der Waals surface area contributed by atoms with Crippen LogP contribution < -0.4 is 5.56 Å². The molecule has 0 saturated heterocycles. The minimum atomic E-state index is -4.67. The topological polar surface area (TPSA) is 61.9 Å². The van der Waals surface area contributed by atoms with E-state index in [4.69, 9.17) is 16.3 Å². The predicted molar refractivity (Wildman–Crippen MR) is 125 cm³/mol. The van der Waals surface area contributed by atoms with Gasteiger partial charge in [-0.05, 0) is 30.3 Å². The minimum Gasteiger partial charge on any atom is -0.360 e. The van der Waals surface area contributed by atoms with Crippen LogP contribution in [0.5, 0.6) is 0 Å². The molecule has 0 aliphatic carbocycles. The molecule has 0 N–H and O–H groups in total. The van der Waals surface area contributed by atoms with Crippen molar-refractivity contribution in [3.63, 3.8) is 0 Å². The molecule has 0 unspecified atom stereocenters. The number of rotatable bonds is 6. The molecule has 11 heteroatoms. The van der Waals surface area contributed by atoms with Crippen LogP contribution in [-0.2, 0) is 17.6 Å². The molecule has 174 valence electrons. The SMILES string of the molecule is C[Si](C)(C)CCOCn1cc2c(n1)c(=O)n(-c1ccccc1Cl)c1nc(C(F)(F)F)ccc21. The standard InChI is InChI=1S/C22H22ClF3N4O2Si/c1-33(2,3)11-10-32-13-29-12-15-14-8-9-18(22(24,25)26)27-20(14)30(21(31)19(15)28-29)17-7-5-4-6-16(17)23/h4-9,12H,10-11,13H2,1-3H3. The van der Waals surface area contributed by atoms with Crippen LogP contribution in [0.3, 0.4) is 0 Å². The van der Waals surface area contributed by atoms with Crippen molar-refractivity contribution in [1.29, 1.82) is 0 Å². The third kappa shape index (κ3) is 4.82. The Kier molecular flexibility index (Phi) is 6.10. The molecule has 0 saturated carbocycles. The number of alkyl halides is 3. The molecule has 4 rings (SSSR count). The molecule has 0 aliphatic rings. The maximum absolute atomic E-state index is 13.4. The number of fused-ring (bicyclic) bond motifs is 3. The van der Waals surface area contributed by atoms with Gasteiger partial charge in [-0.1, -0.05) is 43.4 Å². The summed E-state index contributed by atoms with van der Waals surface area (Å²) in [6.45, 7) is 7.41. The van der Waals surface area contributed by atoms with E-state index in [2.05, 4.69) is 29.7 Å². The van der Waals surface area contributed by atoms with Crippen LogP contribution in [0.2, 0.25) is 30.7 Å². The van der Waals surface area contributed by atoms with Crippen LogP contribution in [-0.4, -0.2) is 34.0 Å². The van der Waals surface area contributed by atoms with Gasteiger partial charge in [-0.2, -0.15) is 18.3 Å². The zero-order valence-corrected chi connectivity index (χ0v) is 20.0. The molecule has 3 aromatic heterocycles. The van der Waals surface area contributed by atoms with Gasteiger partial charge in [-0.25, -0.2) is 9.67 Å². The van der Waals surface area contributed by atoms with E-state index in [1.54, 1.807) is 30.5 Å². The molecule has 6 nitrogen and oxygen atoms in total. The highest BCUT2D eigenvalue weighted by atomic mass is 35.5. The van der Waals surface area contributed by atoms with Crippen molar-refractivity contribution in [2.45, 2.75) is 38.6 Å². The predicted octanol–water partition coefficient (Wildman–Crippen LogP) is 5.72. The smallest absolute Gasteiger partial charge is 0.360 e. The van der Waals surface area contributed by atoms with E-state index in [1.165, 1.54) is 10.7 Å². The van der Waals surface area contributed by atoms with Crippen LogP contribution in [0.4, 0.5) is 13.2 Å².